The first kappa shape index (κ1) is 19.1. The molecule has 9 heteroatoms. The fraction of sp³-hybridized carbons (Fsp3) is 0.400. The quantitative estimate of drug-likeness (QED) is 0.322. The summed E-state index contributed by atoms with van der Waals surface area (Å²) in [6, 6.07) is 2.23. The number of nitro groups is 1. The smallest absolute Gasteiger partial charge is 0.257 e. The largest absolute Gasteiger partial charge is 0.480 e. The first-order chi connectivity index (χ1) is 11.4. The third-order valence-corrected chi connectivity index (χ3v) is 3.38. The zero-order chi connectivity index (χ0) is 18.1. The second-order valence-corrected chi connectivity index (χ2v) is 4.87. The van der Waals surface area contributed by atoms with Gasteiger partial charge < -0.3 is 15.3 Å². The number of nitrogens with zero attached hydrogens (tertiary/aromatic N) is 3. The van der Waals surface area contributed by atoms with Crippen LogP contribution in [0.3, 0.4) is 0 Å². The van der Waals surface area contributed by atoms with Crippen LogP contribution in [-0.4, -0.2) is 46.4 Å². The van der Waals surface area contributed by atoms with Gasteiger partial charge in [0.05, 0.1) is 19.4 Å². The summed E-state index contributed by atoms with van der Waals surface area (Å²) in [7, 11) is 1.40. The number of oxime groups is 1. The molecule has 130 valence electrons. The Morgan fingerprint density at radius 1 is 1.62 bits per heavy atom. The van der Waals surface area contributed by atoms with Gasteiger partial charge in [-0.15, -0.1) is 0 Å². The number of nitrogens with one attached hydrogen (secondary N) is 1. The Balaban J connectivity index is 2.83. The maximum absolute atomic E-state index is 12.1. The molecule has 0 aliphatic heterocycles. The van der Waals surface area contributed by atoms with E-state index in [2.05, 4.69) is 15.5 Å². The highest BCUT2D eigenvalue weighted by atomic mass is 16.6. The molecule has 0 aliphatic carbocycles. The Morgan fingerprint density at radius 2 is 2.33 bits per heavy atom. The van der Waals surface area contributed by atoms with Gasteiger partial charge >= 0.3 is 0 Å². The summed E-state index contributed by atoms with van der Waals surface area (Å²) in [5.41, 5.74) is 0.827. The molecule has 1 aromatic heterocycles. The first-order valence-corrected chi connectivity index (χ1v) is 7.26. The minimum atomic E-state index is -0.902. The number of amides is 1. The molecule has 0 saturated carbocycles. The van der Waals surface area contributed by atoms with Crippen molar-refractivity contribution in [1.29, 1.82) is 0 Å². The lowest BCUT2D eigenvalue weighted by Gasteiger charge is -2.10. The van der Waals surface area contributed by atoms with Crippen molar-refractivity contribution in [2.75, 3.05) is 13.7 Å². The molecule has 0 bridgehead atoms. The van der Waals surface area contributed by atoms with Gasteiger partial charge in [0.15, 0.2) is 0 Å². The molecular weight excluding hydrogens is 316 g/mol. The van der Waals surface area contributed by atoms with Crippen LogP contribution < -0.4 is 10.1 Å². The highest BCUT2D eigenvalue weighted by molar-refractivity contribution is 6.02. The van der Waals surface area contributed by atoms with Crippen LogP contribution in [0.5, 0.6) is 5.88 Å². The van der Waals surface area contributed by atoms with Crippen molar-refractivity contribution in [2.24, 2.45) is 5.16 Å². The number of carbonyl (C=O) groups is 1. The monoisotopic (exact) mass is 336 g/mol. The fourth-order valence-electron chi connectivity index (χ4n) is 1.98. The van der Waals surface area contributed by atoms with Crippen LogP contribution in [0.25, 0.3) is 0 Å². The van der Waals surface area contributed by atoms with E-state index < -0.39 is 16.9 Å². The maximum atomic E-state index is 12.1. The van der Waals surface area contributed by atoms with E-state index in [1.165, 1.54) is 26.3 Å². The van der Waals surface area contributed by atoms with E-state index in [0.29, 0.717) is 12.0 Å². The van der Waals surface area contributed by atoms with Gasteiger partial charge in [-0.25, -0.2) is 4.98 Å². The molecule has 1 unspecified atom stereocenters. The molecule has 9 nitrogen and oxygen atoms in total. The number of hydrogen-bond donors (Lipinski definition) is 2. The highest BCUT2D eigenvalue weighted by Gasteiger charge is 2.19. The Bertz CT molecular complexity index is 657. The molecule has 1 atom stereocenters. The fourth-order valence-corrected chi connectivity index (χ4v) is 1.98. The third kappa shape index (κ3) is 5.04. The maximum Gasteiger partial charge on any atom is 0.257 e. The minimum absolute atomic E-state index is 0.0959. The number of aromatic nitrogens is 1. The van der Waals surface area contributed by atoms with E-state index in [1.54, 1.807) is 19.1 Å². The van der Waals surface area contributed by atoms with Gasteiger partial charge in [-0.2, -0.15) is 0 Å². The number of rotatable bonds is 8. The Hall–Kier alpha value is -2.97. The van der Waals surface area contributed by atoms with Gasteiger partial charge in [-0.3, -0.25) is 14.9 Å². The third-order valence-electron chi connectivity index (χ3n) is 3.38. The summed E-state index contributed by atoms with van der Waals surface area (Å²) in [6.07, 6.45) is 3.32. The Morgan fingerprint density at radius 3 is 2.88 bits per heavy atom. The van der Waals surface area contributed by atoms with Crippen LogP contribution >= 0.6 is 0 Å². The summed E-state index contributed by atoms with van der Waals surface area (Å²) in [5.74, 6) is -0.292. The van der Waals surface area contributed by atoms with E-state index in [-0.39, 0.29) is 23.7 Å². The molecule has 1 aromatic rings. The van der Waals surface area contributed by atoms with Gasteiger partial charge in [0.25, 0.3) is 5.91 Å². The summed E-state index contributed by atoms with van der Waals surface area (Å²) in [6.45, 7) is 3.12. The standard InChI is InChI=1S/C15H20N4O5/c1-4-11(10(2)19(22)23)8-12(18-21)9-17-14(20)13-6-5-7-16-15(13)24-3/h5-8,10,21H,4,9H2,1-3H3,(H,17,20). The molecule has 1 amide bonds. The summed E-state index contributed by atoms with van der Waals surface area (Å²) in [4.78, 5) is 26.5. The number of methoxy groups -OCH3 is 1. The van der Waals surface area contributed by atoms with Gasteiger partial charge in [0.1, 0.15) is 5.56 Å². The zero-order valence-corrected chi connectivity index (χ0v) is 13.7. The zero-order valence-electron chi connectivity index (χ0n) is 13.7. The molecule has 0 saturated heterocycles. The topological polar surface area (TPSA) is 127 Å². The predicted molar refractivity (Wildman–Crippen MR) is 87.2 cm³/mol. The van der Waals surface area contributed by atoms with E-state index in [9.17, 15) is 14.9 Å². The molecule has 1 rings (SSSR count). The molecule has 0 fully saturated rings. The number of carbonyl (C=O) groups excluding carboxylic acids is 1. The van der Waals surface area contributed by atoms with Crippen LogP contribution in [0.2, 0.25) is 0 Å². The molecule has 2 N–H and O–H groups in total. The van der Waals surface area contributed by atoms with E-state index in [4.69, 9.17) is 9.94 Å². The number of ether oxygens (including phenoxy) is 1. The van der Waals surface area contributed by atoms with E-state index in [0.717, 1.165) is 0 Å². The SMILES string of the molecule is CCC(=CC(CNC(=O)c1cccnc1OC)=NO)C(C)[N+](=O)[O-]. The number of pyridine rings is 1. The molecule has 1 heterocycles. The van der Waals surface area contributed by atoms with Crippen molar-refractivity contribution in [1.82, 2.24) is 10.3 Å². The van der Waals surface area contributed by atoms with Crippen molar-refractivity contribution in [3.05, 3.63) is 45.7 Å². The molecule has 0 radical (unpaired) electrons. The van der Waals surface area contributed by atoms with Crippen molar-refractivity contribution in [3.63, 3.8) is 0 Å². The van der Waals surface area contributed by atoms with Crippen LogP contribution in [0.4, 0.5) is 0 Å². The molecule has 0 spiro atoms. The normalized spacial score (nSPS) is 13.3. The number of hydrogen-bond acceptors (Lipinski definition) is 7. The van der Waals surface area contributed by atoms with Gasteiger partial charge in [0.2, 0.25) is 11.9 Å². The Kier molecular flexibility index (Phi) is 7.34. The molecule has 0 aliphatic rings. The highest BCUT2D eigenvalue weighted by Crippen LogP contribution is 2.13. The lowest BCUT2D eigenvalue weighted by molar-refractivity contribution is -0.507. The van der Waals surface area contributed by atoms with Crippen molar-refractivity contribution >= 4 is 11.6 Å². The van der Waals surface area contributed by atoms with Crippen molar-refractivity contribution in [2.45, 2.75) is 26.3 Å². The van der Waals surface area contributed by atoms with Crippen LogP contribution in [0.1, 0.15) is 30.6 Å². The second kappa shape index (κ2) is 9.23. The molecular formula is C15H20N4O5. The molecule has 0 aromatic carbocycles. The van der Waals surface area contributed by atoms with Crippen LogP contribution in [-0.2, 0) is 0 Å². The van der Waals surface area contributed by atoms with Crippen molar-refractivity contribution in [3.8, 4) is 5.88 Å². The van der Waals surface area contributed by atoms with Crippen LogP contribution in [0.15, 0.2) is 35.1 Å². The average Bonchev–Trinajstić information content (AvgIpc) is 2.61. The van der Waals surface area contributed by atoms with Gasteiger partial charge in [-0.1, -0.05) is 12.1 Å². The average molecular weight is 336 g/mol. The lowest BCUT2D eigenvalue weighted by atomic mass is 10.0. The van der Waals surface area contributed by atoms with Gasteiger partial charge in [-0.05, 0) is 24.6 Å². The first-order valence-electron chi connectivity index (χ1n) is 7.26. The Labute approximate surface area is 139 Å². The summed E-state index contributed by atoms with van der Waals surface area (Å²) >= 11 is 0. The summed E-state index contributed by atoms with van der Waals surface area (Å²) in [5, 5.41) is 25.6. The predicted octanol–water partition coefficient (Wildman–Crippen LogP) is 1.65. The van der Waals surface area contributed by atoms with E-state index >= 15 is 0 Å². The molecule has 24 heavy (non-hydrogen) atoms. The van der Waals surface area contributed by atoms with Gasteiger partial charge in [0, 0.05) is 23.6 Å². The van der Waals surface area contributed by atoms with Crippen molar-refractivity contribution < 1.29 is 19.7 Å². The van der Waals surface area contributed by atoms with E-state index in [1.807, 2.05) is 0 Å². The summed E-state index contributed by atoms with van der Waals surface area (Å²) < 4.78 is 5.00. The second-order valence-electron chi connectivity index (χ2n) is 4.87. The van der Waals surface area contributed by atoms with Crippen LogP contribution in [0, 0.1) is 10.1 Å². The lowest BCUT2D eigenvalue weighted by Crippen LogP contribution is -2.30. The minimum Gasteiger partial charge on any atom is -0.480 e.